The van der Waals surface area contributed by atoms with Crippen molar-refractivity contribution in [2.75, 3.05) is 11.9 Å². The molecule has 0 bridgehead atoms. The number of fused-ring (bicyclic) bond motifs is 1. The minimum Gasteiger partial charge on any atom is -0.494 e. The van der Waals surface area contributed by atoms with Gasteiger partial charge in [-0.25, -0.2) is 4.98 Å². The Morgan fingerprint density at radius 2 is 1.79 bits per heavy atom. The molecule has 0 aliphatic rings. The molecule has 1 amide bonds. The van der Waals surface area contributed by atoms with Crippen molar-refractivity contribution in [3.05, 3.63) is 88.2 Å². The van der Waals surface area contributed by atoms with E-state index in [1.54, 1.807) is 73.7 Å². The first-order valence-electron chi connectivity index (χ1n) is 10.4. The van der Waals surface area contributed by atoms with E-state index in [9.17, 15) is 9.59 Å². The lowest BCUT2D eigenvalue weighted by Crippen LogP contribution is -2.26. The minimum absolute atomic E-state index is 0.200. The molecule has 0 saturated carbocycles. The second-order valence-electron chi connectivity index (χ2n) is 7.24. The summed E-state index contributed by atoms with van der Waals surface area (Å²) in [5, 5.41) is 3.89. The zero-order chi connectivity index (χ0) is 23.4. The summed E-state index contributed by atoms with van der Waals surface area (Å²) in [4.78, 5) is 30.9. The number of benzene rings is 3. The molecule has 0 spiro atoms. The van der Waals surface area contributed by atoms with Crippen molar-refractivity contribution in [3.8, 4) is 11.4 Å². The van der Waals surface area contributed by atoms with Crippen LogP contribution in [0.1, 0.15) is 13.8 Å². The molecule has 0 unspecified atom stereocenters. The Morgan fingerprint density at radius 3 is 2.48 bits per heavy atom. The van der Waals surface area contributed by atoms with Crippen LogP contribution in [-0.4, -0.2) is 27.3 Å². The average Bonchev–Trinajstić information content (AvgIpc) is 2.81. The van der Waals surface area contributed by atoms with Gasteiger partial charge in [0.1, 0.15) is 5.75 Å². The molecule has 0 aliphatic carbocycles. The second kappa shape index (κ2) is 10.1. The molecule has 168 valence electrons. The lowest BCUT2D eigenvalue weighted by Gasteiger charge is -2.16. The fourth-order valence-corrected chi connectivity index (χ4v) is 4.32. The van der Waals surface area contributed by atoms with Crippen LogP contribution in [0.15, 0.2) is 82.7 Å². The van der Waals surface area contributed by atoms with Crippen molar-refractivity contribution in [1.82, 2.24) is 9.55 Å². The number of anilines is 1. The Kier molecular flexibility index (Phi) is 7.01. The van der Waals surface area contributed by atoms with E-state index in [0.29, 0.717) is 39.1 Å². The number of para-hydroxylation sites is 1. The molecule has 1 N–H and O–H groups in total. The van der Waals surface area contributed by atoms with Crippen molar-refractivity contribution in [3.63, 3.8) is 0 Å². The van der Waals surface area contributed by atoms with Crippen LogP contribution in [0, 0.1) is 0 Å². The summed E-state index contributed by atoms with van der Waals surface area (Å²) in [5.41, 5.74) is 1.67. The number of carbonyl (C=O) groups excluding carboxylic acids is 1. The number of hydrogen-bond donors (Lipinski definition) is 1. The highest BCUT2D eigenvalue weighted by Gasteiger charge is 2.20. The van der Waals surface area contributed by atoms with E-state index in [-0.39, 0.29) is 11.5 Å². The predicted octanol–water partition coefficient (Wildman–Crippen LogP) is 5.56. The van der Waals surface area contributed by atoms with E-state index in [0.717, 1.165) is 5.75 Å². The molecule has 6 nitrogen and oxygen atoms in total. The van der Waals surface area contributed by atoms with Crippen molar-refractivity contribution in [1.29, 1.82) is 0 Å². The third-order valence-corrected chi connectivity index (χ3v) is 6.22. The molecule has 0 aliphatic heterocycles. The van der Waals surface area contributed by atoms with Crippen LogP contribution < -0.4 is 15.6 Å². The molecular weight excluding hydrogens is 458 g/mol. The molecule has 3 aromatic carbocycles. The lowest BCUT2D eigenvalue weighted by molar-refractivity contribution is -0.115. The van der Waals surface area contributed by atoms with Gasteiger partial charge in [0.25, 0.3) is 5.56 Å². The monoisotopic (exact) mass is 479 g/mol. The third kappa shape index (κ3) is 5.21. The average molecular weight is 480 g/mol. The number of nitrogens with zero attached hydrogens (tertiary/aromatic N) is 2. The van der Waals surface area contributed by atoms with Crippen molar-refractivity contribution >= 4 is 45.9 Å². The van der Waals surface area contributed by atoms with E-state index in [1.807, 2.05) is 13.0 Å². The quantitative estimate of drug-likeness (QED) is 0.277. The van der Waals surface area contributed by atoms with Gasteiger partial charge < -0.3 is 10.1 Å². The van der Waals surface area contributed by atoms with Gasteiger partial charge in [-0.05, 0) is 74.5 Å². The summed E-state index contributed by atoms with van der Waals surface area (Å²) in [7, 11) is 0. The summed E-state index contributed by atoms with van der Waals surface area (Å²) in [5.74, 6) is 0.541. The topological polar surface area (TPSA) is 73.2 Å². The van der Waals surface area contributed by atoms with Gasteiger partial charge in [-0.3, -0.25) is 14.2 Å². The van der Waals surface area contributed by atoms with Crippen LogP contribution in [0.2, 0.25) is 5.02 Å². The fraction of sp³-hybridized carbons (Fsp3) is 0.160. The highest BCUT2D eigenvalue weighted by molar-refractivity contribution is 8.00. The summed E-state index contributed by atoms with van der Waals surface area (Å²) in [6.45, 7) is 4.27. The molecule has 1 atom stereocenters. The summed E-state index contributed by atoms with van der Waals surface area (Å²) >= 11 is 7.25. The summed E-state index contributed by atoms with van der Waals surface area (Å²) in [6, 6.07) is 21.3. The van der Waals surface area contributed by atoms with E-state index in [1.165, 1.54) is 16.3 Å². The zero-order valence-electron chi connectivity index (χ0n) is 18.1. The molecule has 8 heteroatoms. The number of ether oxygens (including phenoxy) is 1. The van der Waals surface area contributed by atoms with Crippen molar-refractivity contribution < 1.29 is 9.53 Å². The number of rotatable bonds is 7. The first-order valence-corrected chi connectivity index (χ1v) is 11.7. The van der Waals surface area contributed by atoms with E-state index >= 15 is 0 Å². The van der Waals surface area contributed by atoms with Crippen molar-refractivity contribution in [2.45, 2.75) is 24.3 Å². The number of hydrogen-bond acceptors (Lipinski definition) is 5. The van der Waals surface area contributed by atoms with Gasteiger partial charge >= 0.3 is 0 Å². The summed E-state index contributed by atoms with van der Waals surface area (Å²) in [6.07, 6.45) is 0. The van der Waals surface area contributed by atoms with Gasteiger partial charge in [0.15, 0.2) is 5.16 Å². The molecule has 4 aromatic rings. The Morgan fingerprint density at radius 1 is 1.09 bits per heavy atom. The SMILES string of the molecule is CCOc1ccc(NC(=O)[C@H](C)Sc2nc3ccccc3c(=O)n2-c2ccc(Cl)cc2)cc1. The number of nitrogens with one attached hydrogen (secondary N) is 1. The Hall–Kier alpha value is -3.29. The van der Waals surface area contributed by atoms with Gasteiger partial charge in [-0.2, -0.15) is 0 Å². The second-order valence-corrected chi connectivity index (χ2v) is 8.98. The third-order valence-electron chi connectivity index (χ3n) is 4.91. The molecule has 0 fully saturated rings. The van der Waals surface area contributed by atoms with Gasteiger partial charge in [0.2, 0.25) is 5.91 Å². The van der Waals surface area contributed by atoms with Crippen LogP contribution >= 0.6 is 23.4 Å². The molecule has 1 heterocycles. The zero-order valence-corrected chi connectivity index (χ0v) is 19.7. The number of aromatic nitrogens is 2. The maximum absolute atomic E-state index is 13.3. The number of thioether (sulfide) groups is 1. The Bertz CT molecular complexity index is 1340. The lowest BCUT2D eigenvalue weighted by atomic mass is 10.2. The molecule has 0 radical (unpaired) electrons. The van der Waals surface area contributed by atoms with Gasteiger partial charge in [-0.1, -0.05) is 35.5 Å². The predicted molar refractivity (Wildman–Crippen MR) is 134 cm³/mol. The van der Waals surface area contributed by atoms with Gasteiger partial charge in [-0.15, -0.1) is 0 Å². The Labute approximate surface area is 200 Å². The van der Waals surface area contributed by atoms with E-state index in [2.05, 4.69) is 5.32 Å². The fourth-order valence-electron chi connectivity index (χ4n) is 3.27. The normalized spacial score (nSPS) is 11.8. The van der Waals surface area contributed by atoms with Crippen LogP contribution in [0.5, 0.6) is 5.75 Å². The Balaban J connectivity index is 1.64. The van der Waals surface area contributed by atoms with E-state index < -0.39 is 5.25 Å². The first-order chi connectivity index (χ1) is 16.0. The molecular formula is C25H22ClN3O3S. The molecule has 0 saturated heterocycles. The minimum atomic E-state index is -0.511. The van der Waals surface area contributed by atoms with Gasteiger partial charge in [0, 0.05) is 10.7 Å². The van der Waals surface area contributed by atoms with E-state index in [4.69, 9.17) is 21.3 Å². The highest BCUT2D eigenvalue weighted by Crippen LogP contribution is 2.27. The number of amides is 1. The molecule has 1 aromatic heterocycles. The van der Waals surface area contributed by atoms with Crippen LogP contribution in [-0.2, 0) is 4.79 Å². The summed E-state index contributed by atoms with van der Waals surface area (Å²) < 4.78 is 6.95. The number of carbonyl (C=O) groups is 1. The van der Waals surface area contributed by atoms with Crippen LogP contribution in [0.4, 0.5) is 5.69 Å². The first kappa shape index (κ1) is 22.9. The maximum atomic E-state index is 13.3. The largest absolute Gasteiger partial charge is 0.494 e. The van der Waals surface area contributed by atoms with Crippen LogP contribution in [0.3, 0.4) is 0 Å². The van der Waals surface area contributed by atoms with Crippen LogP contribution in [0.25, 0.3) is 16.6 Å². The maximum Gasteiger partial charge on any atom is 0.266 e. The molecule has 33 heavy (non-hydrogen) atoms. The molecule has 4 rings (SSSR count). The smallest absolute Gasteiger partial charge is 0.266 e. The standard InChI is InChI=1S/C25H22ClN3O3S/c1-3-32-20-14-10-18(11-15-20)27-23(30)16(2)33-25-28-22-7-5-4-6-21(22)24(31)29(25)19-12-8-17(26)9-13-19/h4-16H,3H2,1-2H3,(H,27,30)/t16-/m0/s1. The highest BCUT2D eigenvalue weighted by atomic mass is 35.5. The van der Waals surface area contributed by atoms with Gasteiger partial charge in [0.05, 0.1) is 28.4 Å². The van der Waals surface area contributed by atoms with Crippen molar-refractivity contribution in [2.24, 2.45) is 0 Å². The number of halogens is 1.